The maximum atomic E-state index is 12.3. The van der Waals surface area contributed by atoms with Crippen molar-refractivity contribution in [1.29, 1.82) is 0 Å². The van der Waals surface area contributed by atoms with E-state index in [1.54, 1.807) is 0 Å². The lowest BCUT2D eigenvalue weighted by Crippen LogP contribution is -2.14. The van der Waals surface area contributed by atoms with Crippen molar-refractivity contribution in [2.75, 3.05) is 5.32 Å². The Morgan fingerprint density at radius 3 is 2.65 bits per heavy atom. The molecule has 3 heteroatoms. The molecule has 0 radical (unpaired) electrons. The van der Waals surface area contributed by atoms with Crippen LogP contribution in [0, 0.1) is 0 Å². The lowest BCUT2D eigenvalue weighted by Gasteiger charge is -2.13. The predicted molar refractivity (Wildman–Crippen MR) is 95.8 cm³/mol. The third kappa shape index (κ3) is 3.45. The van der Waals surface area contributed by atoms with E-state index in [0.717, 1.165) is 17.6 Å². The van der Waals surface area contributed by atoms with Crippen LogP contribution in [0.4, 0.5) is 5.69 Å². The summed E-state index contributed by atoms with van der Waals surface area (Å²) in [6, 6.07) is 16.2. The van der Waals surface area contributed by atoms with Gasteiger partial charge in [0.15, 0.2) is 0 Å². The average molecular weight is 306 g/mol. The first-order valence-electron chi connectivity index (χ1n) is 8.09. The molecular weight excluding hydrogens is 284 g/mol. The van der Waals surface area contributed by atoms with Crippen LogP contribution in [0.1, 0.15) is 37.3 Å². The maximum absolute atomic E-state index is 12.3. The van der Waals surface area contributed by atoms with E-state index < -0.39 is 0 Å². The normalized spacial score (nSPS) is 11.1. The molecule has 3 aromatic rings. The molecule has 3 rings (SSSR count). The molecule has 0 atom stereocenters. The number of rotatable bonds is 5. The molecule has 3 nitrogen and oxygen atoms in total. The summed E-state index contributed by atoms with van der Waals surface area (Å²) in [5, 5.41) is 4.25. The minimum absolute atomic E-state index is 0.0587. The molecule has 0 aliphatic carbocycles. The number of hydrogen-bond acceptors (Lipinski definition) is 1. The van der Waals surface area contributed by atoms with Crippen LogP contribution >= 0.6 is 0 Å². The number of benzene rings is 2. The largest absolute Gasteiger partial charge is 0.361 e. The zero-order chi connectivity index (χ0) is 16.2. The van der Waals surface area contributed by atoms with Crippen molar-refractivity contribution in [2.24, 2.45) is 0 Å². The molecule has 0 spiro atoms. The van der Waals surface area contributed by atoms with E-state index >= 15 is 0 Å². The summed E-state index contributed by atoms with van der Waals surface area (Å²) in [4.78, 5) is 15.6. The fraction of sp³-hybridized carbons (Fsp3) is 0.250. The highest BCUT2D eigenvalue weighted by Crippen LogP contribution is 2.24. The number of fused-ring (bicyclic) bond motifs is 1. The van der Waals surface area contributed by atoms with Gasteiger partial charge >= 0.3 is 0 Å². The Morgan fingerprint density at radius 2 is 1.83 bits per heavy atom. The molecule has 2 N–H and O–H groups in total. The minimum atomic E-state index is 0.0587. The van der Waals surface area contributed by atoms with Crippen molar-refractivity contribution in [3.8, 4) is 0 Å². The van der Waals surface area contributed by atoms with E-state index in [-0.39, 0.29) is 5.91 Å². The highest BCUT2D eigenvalue weighted by Gasteiger charge is 2.10. The number of aromatic nitrogens is 1. The van der Waals surface area contributed by atoms with Crippen molar-refractivity contribution < 1.29 is 4.79 Å². The van der Waals surface area contributed by atoms with E-state index in [1.165, 1.54) is 16.5 Å². The van der Waals surface area contributed by atoms with Crippen molar-refractivity contribution in [3.05, 3.63) is 65.9 Å². The molecule has 1 amide bonds. The third-order valence-corrected chi connectivity index (χ3v) is 4.15. The summed E-state index contributed by atoms with van der Waals surface area (Å²) < 4.78 is 0. The zero-order valence-electron chi connectivity index (χ0n) is 13.6. The van der Waals surface area contributed by atoms with E-state index in [2.05, 4.69) is 42.3 Å². The number of anilines is 1. The van der Waals surface area contributed by atoms with Crippen molar-refractivity contribution in [3.63, 3.8) is 0 Å². The second kappa shape index (κ2) is 6.69. The Labute approximate surface area is 136 Å². The quantitative estimate of drug-likeness (QED) is 0.694. The first kappa shape index (κ1) is 15.3. The van der Waals surface area contributed by atoms with Crippen LogP contribution in [0.3, 0.4) is 0 Å². The number of carbonyl (C=O) groups excluding carboxylic acids is 1. The lowest BCUT2D eigenvalue weighted by molar-refractivity contribution is -0.116. The van der Waals surface area contributed by atoms with Crippen molar-refractivity contribution in [1.82, 2.24) is 4.98 Å². The molecule has 0 saturated carbocycles. The Balaban J connectivity index is 1.66. The van der Waals surface area contributed by atoms with Crippen molar-refractivity contribution in [2.45, 2.75) is 32.6 Å². The van der Waals surface area contributed by atoms with Gasteiger partial charge < -0.3 is 10.3 Å². The molecule has 1 aromatic heterocycles. The monoisotopic (exact) mass is 306 g/mol. The van der Waals surface area contributed by atoms with Crippen LogP contribution < -0.4 is 5.32 Å². The Morgan fingerprint density at radius 1 is 1.09 bits per heavy atom. The minimum Gasteiger partial charge on any atom is -0.361 e. The number of aryl methyl sites for hydroxylation is 1. The number of amides is 1. The Hall–Kier alpha value is -2.55. The van der Waals surface area contributed by atoms with Crippen LogP contribution in [0.2, 0.25) is 0 Å². The highest BCUT2D eigenvalue weighted by molar-refractivity contribution is 5.92. The lowest BCUT2D eigenvalue weighted by atomic mass is 10.0. The fourth-order valence-electron chi connectivity index (χ4n) is 2.91. The molecule has 0 unspecified atom stereocenters. The van der Waals surface area contributed by atoms with E-state index in [9.17, 15) is 4.79 Å². The summed E-state index contributed by atoms with van der Waals surface area (Å²) in [6.45, 7) is 4.27. The highest BCUT2D eigenvalue weighted by atomic mass is 16.1. The van der Waals surface area contributed by atoms with Gasteiger partial charge in [-0.25, -0.2) is 0 Å². The van der Waals surface area contributed by atoms with Gasteiger partial charge in [-0.05, 0) is 35.6 Å². The molecule has 0 aliphatic heterocycles. The van der Waals surface area contributed by atoms with Crippen LogP contribution in [0.15, 0.2) is 54.7 Å². The SMILES string of the molecule is CC(C)c1ccccc1NC(=O)CCc1c[nH]c2ccccc12. The van der Waals surface area contributed by atoms with Gasteiger partial charge in [-0.3, -0.25) is 4.79 Å². The van der Waals surface area contributed by atoms with E-state index in [4.69, 9.17) is 0 Å². The number of H-pyrrole nitrogens is 1. The van der Waals surface area contributed by atoms with Crippen LogP contribution in [-0.4, -0.2) is 10.9 Å². The third-order valence-electron chi connectivity index (χ3n) is 4.15. The molecule has 1 heterocycles. The smallest absolute Gasteiger partial charge is 0.224 e. The second-order valence-electron chi connectivity index (χ2n) is 6.15. The van der Waals surface area contributed by atoms with Gasteiger partial charge in [0.2, 0.25) is 5.91 Å². The molecule has 23 heavy (non-hydrogen) atoms. The molecule has 118 valence electrons. The van der Waals surface area contributed by atoms with E-state index in [1.807, 2.05) is 36.5 Å². The molecular formula is C20H22N2O. The summed E-state index contributed by atoms with van der Waals surface area (Å²) in [5.74, 6) is 0.448. The average Bonchev–Trinajstić information content (AvgIpc) is 2.96. The van der Waals surface area contributed by atoms with Gasteiger partial charge in [-0.2, -0.15) is 0 Å². The van der Waals surface area contributed by atoms with Crippen LogP contribution in [0.5, 0.6) is 0 Å². The van der Waals surface area contributed by atoms with Crippen molar-refractivity contribution >= 4 is 22.5 Å². The van der Waals surface area contributed by atoms with Crippen LogP contribution in [-0.2, 0) is 11.2 Å². The Kier molecular flexibility index (Phi) is 4.47. The molecule has 0 bridgehead atoms. The van der Waals surface area contributed by atoms with Gasteiger partial charge in [0, 0.05) is 29.2 Å². The van der Waals surface area contributed by atoms with Gasteiger partial charge in [-0.15, -0.1) is 0 Å². The summed E-state index contributed by atoms with van der Waals surface area (Å²) >= 11 is 0. The summed E-state index contributed by atoms with van der Waals surface area (Å²) in [5.41, 5.74) is 4.40. The molecule has 0 aliphatic rings. The first-order valence-corrected chi connectivity index (χ1v) is 8.09. The standard InChI is InChI=1S/C20H22N2O/c1-14(2)16-7-3-6-10-19(16)22-20(23)12-11-15-13-21-18-9-5-4-8-17(15)18/h3-10,13-14,21H,11-12H2,1-2H3,(H,22,23). The maximum Gasteiger partial charge on any atom is 0.224 e. The number of hydrogen-bond donors (Lipinski definition) is 2. The van der Waals surface area contributed by atoms with E-state index in [0.29, 0.717) is 12.3 Å². The topological polar surface area (TPSA) is 44.9 Å². The van der Waals surface area contributed by atoms with Gasteiger partial charge in [0.25, 0.3) is 0 Å². The molecule has 0 fully saturated rings. The molecule has 2 aromatic carbocycles. The summed E-state index contributed by atoms with van der Waals surface area (Å²) in [7, 11) is 0. The van der Waals surface area contributed by atoms with Gasteiger partial charge in [0.05, 0.1) is 0 Å². The van der Waals surface area contributed by atoms with Gasteiger partial charge in [0.1, 0.15) is 0 Å². The number of carbonyl (C=O) groups is 1. The second-order valence-corrected chi connectivity index (χ2v) is 6.15. The first-order chi connectivity index (χ1) is 11.1. The fourth-order valence-corrected chi connectivity index (χ4v) is 2.91. The summed E-state index contributed by atoms with van der Waals surface area (Å²) in [6.07, 6.45) is 3.22. The number of nitrogens with one attached hydrogen (secondary N) is 2. The zero-order valence-corrected chi connectivity index (χ0v) is 13.6. The van der Waals surface area contributed by atoms with Gasteiger partial charge in [-0.1, -0.05) is 50.2 Å². The Bertz CT molecular complexity index is 817. The predicted octanol–water partition coefficient (Wildman–Crippen LogP) is 4.86. The number of aromatic amines is 1. The van der Waals surface area contributed by atoms with Crippen LogP contribution in [0.25, 0.3) is 10.9 Å². The number of para-hydroxylation sites is 2. The molecule has 0 saturated heterocycles.